The second-order valence-corrected chi connectivity index (χ2v) is 12.8. The zero-order chi connectivity index (χ0) is 36.8. The molecule has 4 aliphatic rings. The summed E-state index contributed by atoms with van der Waals surface area (Å²) in [5, 5.41) is 34.6. The van der Waals surface area contributed by atoms with E-state index in [0.717, 1.165) is 76.0 Å². The summed E-state index contributed by atoms with van der Waals surface area (Å²) in [7, 11) is 5.10. The van der Waals surface area contributed by atoms with Gasteiger partial charge in [-0.25, -0.2) is 0 Å². The number of nitro benzene ring substituents is 2. The number of fused-ring (bicyclic) bond motifs is 4. The van der Waals surface area contributed by atoms with Gasteiger partial charge >= 0.3 is 0 Å². The Morgan fingerprint density at radius 3 is 1.67 bits per heavy atom. The third-order valence-electron chi connectivity index (χ3n) is 9.29. The quantitative estimate of drug-likeness (QED) is 0.0954. The van der Waals surface area contributed by atoms with E-state index in [1.165, 1.54) is 59.3 Å². The Hall–Kier alpha value is -5.36. The fourth-order valence-corrected chi connectivity index (χ4v) is 6.61. The van der Waals surface area contributed by atoms with Crippen LogP contribution in [-0.4, -0.2) is 62.3 Å². The number of nitro groups is 2. The van der Waals surface area contributed by atoms with Crippen molar-refractivity contribution in [2.45, 2.75) is 51.4 Å². The maximum atomic E-state index is 10.6. The van der Waals surface area contributed by atoms with E-state index in [9.17, 15) is 20.2 Å². The summed E-state index contributed by atoms with van der Waals surface area (Å²) >= 11 is 0. The Bertz CT molecular complexity index is 1740. The van der Waals surface area contributed by atoms with E-state index in [1.807, 2.05) is 25.2 Å². The summed E-state index contributed by atoms with van der Waals surface area (Å²) < 4.78 is 0. The summed E-state index contributed by atoms with van der Waals surface area (Å²) in [6, 6.07) is 24.8. The molecule has 0 spiro atoms. The highest BCUT2D eigenvalue weighted by Gasteiger charge is 2.17. The molecular formula is C39H51N7O5. The van der Waals surface area contributed by atoms with Crippen molar-refractivity contribution in [3.05, 3.63) is 121 Å². The number of rotatable bonds is 2. The van der Waals surface area contributed by atoms with Gasteiger partial charge in [-0.1, -0.05) is 36.4 Å². The minimum absolute atomic E-state index is 0.160. The smallest absolute Gasteiger partial charge is 0.271 e. The molecule has 4 heterocycles. The van der Waals surface area contributed by atoms with Gasteiger partial charge in [0, 0.05) is 100 Å². The molecule has 0 saturated carbocycles. The Morgan fingerprint density at radius 1 is 0.608 bits per heavy atom. The van der Waals surface area contributed by atoms with E-state index in [4.69, 9.17) is 10.8 Å². The highest BCUT2D eigenvalue weighted by Crippen LogP contribution is 2.30. The summed E-state index contributed by atoms with van der Waals surface area (Å²) in [6.45, 7) is 4.18. The average molecular weight is 698 g/mol. The number of anilines is 5. The highest BCUT2D eigenvalue weighted by molar-refractivity contribution is 5.62. The van der Waals surface area contributed by atoms with Crippen LogP contribution in [0.2, 0.25) is 0 Å². The van der Waals surface area contributed by atoms with Crippen LogP contribution in [0.4, 0.5) is 39.8 Å². The van der Waals surface area contributed by atoms with Crippen molar-refractivity contribution in [1.82, 2.24) is 0 Å². The van der Waals surface area contributed by atoms with Gasteiger partial charge in [0.15, 0.2) is 0 Å². The fourth-order valence-electron chi connectivity index (χ4n) is 6.61. The Kier molecular flexibility index (Phi) is 14.4. The minimum Gasteiger partial charge on any atom is -0.400 e. The van der Waals surface area contributed by atoms with Crippen molar-refractivity contribution in [1.29, 1.82) is 0 Å². The molecule has 0 atom stereocenters. The molecule has 0 bridgehead atoms. The molecule has 0 fully saturated rings. The van der Waals surface area contributed by atoms with Crippen LogP contribution in [0.1, 0.15) is 47.9 Å². The van der Waals surface area contributed by atoms with E-state index in [0.29, 0.717) is 0 Å². The highest BCUT2D eigenvalue weighted by atomic mass is 16.6. The number of nitrogen functional groups attached to an aromatic ring is 1. The third-order valence-corrected chi connectivity index (χ3v) is 9.29. The second kappa shape index (κ2) is 19.1. The SMILES string of the molecule is CN1CCCc2ccc(N)cc21.CN1CCCc2ccc([N+](=O)[O-])cc21.CO.O=[N+]([O-])c1ccc2c(c1)NCCC2.c1ccc2c(c1)CCCN2. The Morgan fingerprint density at radius 2 is 1.08 bits per heavy atom. The van der Waals surface area contributed by atoms with Crippen LogP contribution in [0.3, 0.4) is 0 Å². The summed E-state index contributed by atoms with van der Waals surface area (Å²) in [4.78, 5) is 24.7. The zero-order valence-electron chi connectivity index (χ0n) is 29.9. The fraction of sp³-hybridized carbons (Fsp3) is 0.385. The molecule has 4 aliphatic heterocycles. The number of hydrogen-bond acceptors (Lipinski definition) is 10. The Labute approximate surface area is 300 Å². The van der Waals surface area contributed by atoms with Crippen molar-refractivity contribution >= 4 is 39.8 Å². The molecule has 4 aromatic rings. The molecule has 0 saturated heterocycles. The van der Waals surface area contributed by atoms with Crippen molar-refractivity contribution in [3.8, 4) is 0 Å². The number of nitrogens with one attached hydrogen (secondary N) is 2. The van der Waals surface area contributed by atoms with Gasteiger partial charge in [0.1, 0.15) is 0 Å². The maximum absolute atomic E-state index is 10.6. The maximum Gasteiger partial charge on any atom is 0.271 e. The minimum atomic E-state index is -0.365. The normalized spacial score (nSPS) is 14.7. The molecule has 4 aromatic carbocycles. The van der Waals surface area contributed by atoms with Crippen LogP contribution in [0.25, 0.3) is 0 Å². The average Bonchev–Trinajstić information content (AvgIpc) is 3.16. The van der Waals surface area contributed by atoms with Gasteiger partial charge in [-0.15, -0.1) is 0 Å². The van der Waals surface area contributed by atoms with Crippen LogP contribution in [-0.2, 0) is 25.7 Å². The van der Waals surface area contributed by atoms with Gasteiger partial charge in [-0.05, 0) is 91.8 Å². The first kappa shape index (κ1) is 38.4. The molecule has 8 rings (SSSR count). The molecular weight excluding hydrogens is 646 g/mol. The summed E-state index contributed by atoms with van der Waals surface area (Å²) in [6.07, 6.45) is 9.23. The van der Waals surface area contributed by atoms with Gasteiger partial charge < -0.3 is 31.3 Å². The van der Waals surface area contributed by atoms with Gasteiger partial charge in [0.25, 0.3) is 11.4 Å². The monoisotopic (exact) mass is 697 g/mol. The second-order valence-electron chi connectivity index (χ2n) is 12.8. The van der Waals surface area contributed by atoms with E-state index in [-0.39, 0.29) is 21.2 Å². The third kappa shape index (κ3) is 10.8. The number of nitrogens with zero attached hydrogens (tertiary/aromatic N) is 4. The molecule has 0 unspecified atom stereocenters. The Balaban J connectivity index is 0.000000151. The van der Waals surface area contributed by atoms with Crippen molar-refractivity contribution < 1.29 is 15.0 Å². The van der Waals surface area contributed by atoms with Crippen molar-refractivity contribution in [2.24, 2.45) is 0 Å². The molecule has 12 heteroatoms. The van der Waals surface area contributed by atoms with Crippen molar-refractivity contribution in [2.75, 3.05) is 73.6 Å². The lowest BCUT2D eigenvalue weighted by Crippen LogP contribution is -2.24. The number of aryl methyl sites for hydroxylation is 4. The number of aliphatic hydroxyl groups is 1. The molecule has 5 N–H and O–H groups in total. The van der Waals surface area contributed by atoms with E-state index >= 15 is 0 Å². The first-order valence-corrected chi connectivity index (χ1v) is 17.6. The predicted molar refractivity (Wildman–Crippen MR) is 208 cm³/mol. The molecule has 0 amide bonds. The summed E-state index contributed by atoms with van der Waals surface area (Å²) in [5.41, 5.74) is 16.8. The molecule has 272 valence electrons. The molecule has 12 nitrogen and oxygen atoms in total. The van der Waals surface area contributed by atoms with Gasteiger partial charge in [-0.2, -0.15) is 0 Å². The number of hydrogen-bond donors (Lipinski definition) is 4. The van der Waals surface area contributed by atoms with Gasteiger partial charge in [-0.3, -0.25) is 20.2 Å². The van der Waals surface area contributed by atoms with E-state index < -0.39 is 0 Å². The molecule has 51 heavy (non-hydrogen) atoms. The largest absolute Gasteiger partial charge is 0.400 e. The van der Waals surface area contributed by atoms with Crippen LogP contribution in [0, 0.1) is 20.2 Å². The molecule has 0 aliphatic carbocycles. The zero-order valence-corrected chi connectivity index (χ0v) is 29.9. The van der Waals surface area contributed by atoms with Crippen LogP contribution in [0.15, 0.2) is 78.9 Å². The molecule has 0 radical (unpaired) electrons. The number of non-ortho nitro benzene ring substituents is 2. The van der Waals surface area contributed by atoms with E-state index in [1.54, 1.807) is 24.3 Å². The van der Waals surface area contributed by atoms with Gasteiger partial charge in [0.2, 0.25) is 0 Å². The number of para-hydroxylation sites is 1. The lowest BCUT2D eigenvalue weighted by atomic mass is 10.0. The lowest BCUT2D eigenvalue weighted by Gasteiger charge is -2.27. The predicted octanol–water partition coefficient (Wildman–Crippen LogP) is 7.23. The standard InChI is InChI=1S/C10H12N2O2.C10H14N2.C9H10N2O2.C9H11N.CH4O/c1-11-6-2-3-8-4-5-9(12(13)14)7-10(8)11;1-12-6-2-3-8-4-5-9(11)7-10(8)12;12-11(13)8-4-3-7-2-1-5-10-9(7)6-8;1-2-6-9-8(4-1)5-3-7-10-9;1-2/h4-5,7H,2-3,6H2,1H3;4-5,7H,2-3,6,11H2,1H3;3-4,6,10H,1-2,5H2;1-2,4,6,10H,3,5,7H2;2H,1H3. The molecule has 0 aromatic heterocycles. The lowest BCUT2D eigenvalue weighted by molar-refractivity contribution is -0.385. The van der Waals surface area contributed by atoms with Gasteiger partial charge in [0.05, 0.1) is 9.85 Å². The number of benzene rings is 4. The number of aliphatic hydroxyl groups excluding tert-OH is 1. The van der Waals surface area contributed by atoms with Crippen LogP contribution < -0.4 is 26.2 Å². The first-order valence-electron chi connectivity index (χ1n) is 17.6. The topological polar surface area (TPSA) is 163 Å². The number of nitrogens with two attached hydrogens (primary N) is 1. The van der Waals surface area contributed by atoms with Crippen LogP contribution >= 0.6 is 0 Å². The summed E-state index contributed by atoms with van der Waals surface area (Å²) in [5.74, 6) is 0. The van der Waals surface area contributed by atoms with E-state index in [2.05, 4.69) is 63.9 Å². The van der Waals surface area contributed by atoms with Crippen molar-refractivity contribution in [3.63, 3.8) is 0 Å². The first-order chi connectivity index (χ1) is 24.7. The van der Waals surface area contributed by atoms with Crippen LogP contribution in [0.5, 0.6) is 0 Å².